The Balaban J connectivity index is 1.42. The largest absolute Gasteiger partial charge is 0.495 e. The molecular weight excluding hydrogens is 402 g/mol. The van der Waals surface area contributed by atoms with Crippen molar-refractivity contribution in [2.45, 2.75) is 44.9 Å². The summed E-state index contributed by atoms with van der Waals surface area (Å²) in [7, 11) is 3.52. The number of hydrogen-bond donors (Lipinski definition) is 2. The van der Waals surface area contributed by atoms with Crippen LogP contribution in [0.2, 0.25) is 5.02 Å². The molecule has 7 nitrogen and oxygen atoms in total. The van der Waals surface area contributed by atoms with Crippen LogP contribution in [0, 0.1) is 0 Å². The zero-order chi connectivity index (χ0) is 21.5. The second-order valence-electron chi connectivity index (χ2n) is 8.26. The van der Waals surface area contributed by atoms with E-state index in [9.17, 15) is 0 Å². The van der Waals surface area contributed by atoms with Crippen LogP contribution in [0.4, 0.5) is 5.69 Å². The molecule has 3 atom stereocenters. The first-order chi connectivity index (χ1) is 14.5. The van der Waals surface area contributed by atoms with E-state index in [0.717, 1.165) is 74.5 Å². The predicted molar refractivity (Wildman–Crippen MR) is 124 cm³/mol. The summed E-state index contributed by atoms with van der Waals surface area (Å²) < 4.78 is 11.3. The summed E-state index contributed by atoms with van der Waals surface area (Å²) in [5.41, 5.74) is 1.05. The summed E-state index contributed by atoms with van der Waals surface area (Å²) in [6, 6.07) is 6.10. The van der Waals surface area contributed by atoms with E-state index >= 15 is 0 Å². The zero-order valence-corrected chi connectivity index (χ0v) is 19.4. The maximum atomic E-state index is 6.20. The van der Waals surface area contributed by atoms with Crippen molar-refractivity contribution in [3.63, 3.8) is 0 Å². The highest BCUT2D eigenvalue weighted by atomic mass is 35.5. The van der Waals surface area contributed by atoms with E-state index in [-0.39, 0.29) is 0 Å². The number of benzene rings is 1. The average Bonchev–Trinajstić information content (AvgIpc) is 3.18. The maximum Gasteiger partial charge on any atom is 0.191 e. The molecule has 0 aliphatic carbocycles. The molecule has 0 radical (unpaired) electrons. The summed E-state index contributed by atoms with van der Waals surface area (Å²) in [5, 5.41) is 7.75. The minimum absolute atomic E-state index is 0.319. The number of morpholine rings is 1. The van der Waals surface area contributed by atoms with Crippen LogP contribution in [0.25, 0.3) is 0 Å². The van der Waals surface area contributed by atoms with Gasteiger partial charge in [-0.1, -0.05) is 11.6 Å². The van der Waals surface area contributed by atoms with Gasteiger partial charge in [-0.25, -0.2) is 0 Å². The summed E-state index contributed by atoms with van der Waals surface area (Å²) in [6.07, 6.45) is 2.76. The van der Waals surface area contributed by atoms with Gasteiger partial charge in [-0.3, -0.25) is 9.89 Å². The summed E-state index contributed by atoms with van der Waals surface area (Å²) in [4.78, 5) is 9.21. The lowest BCUT2D eigenvalue weighted by molar-refractivity contribution is -0.0679. The number of hydrogen-bond acceptors (Lipinski definition) is 5. The van der Waals surface area contributed by atoms with Crippen molar-refractivity contribution < 1.29 is 9.47 Å². The van der Waals surface area contributed by atoms with E-state index in [1.54, 1.807) is 7.11 Å². The van der Waals surface area contributed by atoms with Gasteiger partial charge in [0.1, 0.15) is 5.75 Å². The molecule has 0 aromatic heterocycles. The van der Waals surface area contributed by atoms with Gasteiger partial charge in [0.05, 0.1) is 25.0 Å². The van der Waals surface area contributed by atoms with Crippen molar-refractivity contribution in [3.8, 4) is 5.75 Å². The fraction of sp³-hybridized carbons (Fsp3) is 0.682. The van der Waals surface area contributed by atoms with Gasteiger partial charge in [0, 0.05) is 57.4 Å². The van der Waals surface area contributed by atoms with Crippen molar-refractivity contribution in [2.24, 2.45) is 4.99 Å². The Morgan fingerprint density at radius 3 is 2.73 bits per heavy atom. The van der Waals surface area contributed by atoms with Crippen molar-refractivity contribution in [2.75, 3.05) is 58.3 Å². The smallest absolute Gasteiger partial charge is 0.191 e. The van der Waals surface area contributed by atoms with E-state index < -0.39 is 0 Å². The van der Waals surface area contributed by atoms with Gasteiger partial charge >= 0.3 is 0 Å². The molecule has 1 aromatic carbocycles. The quantitative estimate of drug-likeness (QED) is 0.388. The van der Waals surface area contributed by atoms with Crippen LogP contribution in [-0.2, 0) is 4.74 Å². The molecule has 0 spiro atoms. The normalized spacial score (nSPS) is 25.4. The zero-order valence-electron chi connectivity index (χ0n) is 18.7. The van der Waals surface area contributed by atoms with Crippen LogP contribution < -0.4 is 20.3 Å². The lowest BCUT2D eigenvalue weighted by Crippen LogP contribution is -2.47. The molecule has 2 fully saturated rings. The highest BCUT2D eigenvalue weighted by Crippen LogP contribution is 2.33. The predicted octanol–water partition coefficient (Wildman–Crippen LogP) is 2.59. The van der Waals surface area contributed by atoms with E-state index in [0.29, 0.717) is 18.2 Å². The van der Waals surface area contributed by atoms with Gasteiger partial charge < -0.3 is 25.0 Å². The van der Waals surface area contributed by atoms with Gasteiger partial charge in [0.2, 0.25) is 0 Å². The number of halogens is 1. The Bertz CT molecular complexity index is 707. The lowest BCUT2D eigenvalue weighted by atomic mass is 10.2. The van der Waals surface area contributed by atoms with Gasteiger partial charge in [0.15, 0.2) is 5.96 Å². The van der Waals surface area contributed by atoms with E-state index in [2.05, 4.69) is 39.3 Å². The molecule has 2 saturated heterocycles. The molecule has 168 valence electrons. The number of methoxy groups -OCH3 is 1. The van der Waals surface area contributed by atoms with E-state index in [1.165, 1.54) is 0 Å². The molecular formula is C22H36ClN5O2. The monoisotopic (exact) mass is 437 g/mol. The van der Waals surface area contributed by atoms with E-state index in [4.69, 9.17) is 21.1 Å². The Kier molecular flexibility index (Phi) is 8.48. The standard InChI is InChI=1S/C22H36ClN5O2/c1-16-13-27(14-17(2)30-16)10-5-9-25-22(24-3)26-19-8-11-28(15-19)20-12-18(23)6-7-21(20)29-4/h6-7,12,16-17,19H,5,8-11,13-15H2,1-4H3,(H2,24,25,26). The van der Waals surface area contributed by atoms with Crippen molar-refractivity contribution in [3.05, 3.63) is 23.2 Å². The van der Waals surface area contributed by atoms with Crippen LogP contribution in [0.5, 0.6) is 5.75 Å². The average molecular weight is 438 g/mol. The Morgan fingerprint density at radius 2 is 2.03 bits per heavy atom. The van der Waals surface area contributed by atoms with E-state index in [1.807, 2.05) is 25.2 Å². The molecule has 3 rings (SSSR count). The van der Waals surface area contributed by atoms with Crippen LogP contribution in [0.3, 0.4) is 0 Å². The molecule has 30 heavy (non-hydrogen) atoms. The fourth-order valence-corrected chi connectivity index (χ4v) is 4.54. The Hall–Kier alpha value is -1.70. The van der Waals surface area contributed by atoms with Crippen molar-refractivity contribution in [1.82, 2.24) is 15.5 Å². The number of aliphatic imine (C=N–C) groups is 1. The topological polar surface area (TPSA) is 61.4 Å². The molecule has 2 aliphatic heterocycles. The Labute approximate surface area is 185 Å². The van der Waals surface area contributed by atoms with Crippen LogP contribution in [0.15, 0.2) is 23.2 Å². The highest BCUT2D eigenvalue weighted by molar-refractivity contribution is 6.30. The molecule has 0 bridgehead atoms. The van der Waals surface area contributed by atoms with Crippen LogP contribution >= 0.6 is 11.6 Å². The van der Waals surface area contributed by atoms with Gasteiger partial charge in [-0.05, 0) is 44.9 Å². The molecule has 0 saturated carbocycles. The second-order valence-corrected chi connectivity index (χ2v) is 8.70. The maximum absolute atomic E-state index is 6.20. The molecule has 1 aromatic rings. The minimum Gasteiger partial charge on any atom is -0.495 e. The third-order valence-corrected chi connectivity index (χ3v) is 5.91. The first kappa shape index (κ1) is 23.0. The first-order valence-corrected chi connectivity index (χ1v) is 11.3. The van der Waals surface area contributed by atoms with Crippen LogP contribution in [0.1, 0.15) is 26.7 Å². The van der Waals surface area contributed by atoms with Gasteiger partial charge in [0.25, 0.3) is 0 Å². The third kappa shape index (κ3) is 6.40. The summed E-state index contributed by atoms with van der Waals surface area (Å²) in [5.74, 6) is 1.72. The lowest BCUT2D eigenvalue weighted by Gasteiger charge is -2.35. The van der Waals surface area contributed by atoms with Crippen LogP contribution in [-0.4, -0.2) is 82.5 Å². The highest BCUT2D eigenvalue weighted by Gasteiger charge is 2.26. The number of nitrogens with one attached hydrogen (secondary N) is 2. The SMILES string of the molecule is CN=C(NCCCN1CC(C)OC(C)C1)NC1CCN(c2cc(Cl)ccc2OC)C1. The molecule has 2 aliphatic rings. The molecule has 2 N–H and O–H groups in total. The van der Waals surface area contributed by atoms with Crippen molar-refractivity contribution in [1.29, 1.82) is 0 Å². The van der Waals surface area contributed by atoms with Crippen molar-refractivity contribution >= 4 is 23.2 Å². The summed E-state index contributed by atoms with van der Waals surface area (Å²) in [6.45, 7) is 10.2. The number of guanidine groups is 1. The summed E-state index contributed by atoms with van der Waals surface area (Å²) >= 11 is 6.20. The number of ether oxygens (including phenoxy) is 2. The molecule has 8 heteroatoms. The number of nitrogens with zero attached hydrogens (tertiary/aromatic N) is 3. The van der Waals surface area contributed by atoms with Gasteiger partial charge in [-0.15, -0.1) is 0 Å². The molecule has 3 unspecified atom stereocenters. The minimum atomic E-state index is 0.319. The number of anilines is 1. The fourth-order valence-electron chi connectivity index (χ4n) is 4.37. The number of rotatable bonds is 7. The first-order valence-electron chi connectivity index (χ1n) is 10.9. The second kappa shape index (κ2) is 11.1. The molecule has 0 amide bonds. The van der Waals surface area contributed by atoms with Gasteiger partial charge in [-0.2, -0.15) is 0 Å². The molecule has 2 heterocycles. The third-order valence-electron chi connectivity index (χ3n) is 5.67. The Morgan fingerprint density at radius 1 is 1.27 bits per heavy atom.